The molecule has 1 rings (SSSR count). The maximum atomic E-state index is 12.4. The van der Waals surface area contributed by atoms with Gasteiger partial charge < -0.3 is 14.8 Å². The van der Waals surface area contributed by atoms with Crippen molar-refractivity contribution in [3.63, 3.8) is 0 Å². The molecule has 1 amide bonds. The molecular formula is C23H33NO4. The van der Waals surface area contributed by atoms with Crippen LogP contribution in [0.4, 0.5) is 4.79 Å². The van der Waals surface area contributed by atoms with Gasteiger partial charge in [0.2, 0.25) is 0 Å². The van der Waals surface area contributed by atoms with Crippen LogP contribution in [-0.4, -0.2) is 30.3 Å². The third-order valence-corrected chi connectivity index (χ3v) is 3.67. The minimum atomic E-state index is -0.600. The maximum absolute atomic E-state index is 12.4. The smallest absolute Gasteiger partial charge is 0.408 e. The standard InChI is InChI=1S/C23H33NO4/c1-7-27-21(25)19(14-13-17(2)3)16-20(15-18-11-9-8-10-12-18)24-22(26)28-23(4,5)6/h8-13,16,20H,7,14-15H2,1-6H3,(H,24,26)/b19-16+/t20-/m0/s1. The summed E-state index contributed by atoms with van der Waals surface area (Å²) in [5.74, 6) is -0.371. The average Bonchev–Trinajstić information content (AvgIpc) is 2.57. The number of esters is 1. The Kier molecular flexibility index (Phi) is 9.49. The van der Waals surface area contributed by atoms with Crippen molar-refractivity contribution in [1.29, 1.82) is 0 Å². The van der Waals surface area contributed by atoms with Gasteiger partial charge in [-0.2, -0.15) is 0 Å². The highest BCUT2D eigenvalue weighted by molar-refractivity contribution is 5.89. The van der Waals surface area contributed by atoms with Crippen LogP contribution in [0, 0.1) is 0 Å². The van der Waals surface area contributed by atoms with Crippen molar-refractivity contribution in [2.24, 2.45) is 0 Å². The van der Waals surface area contributed by atoms with Crippen LogP contribution in [0.15, 0.2) is 53.6 Å². The van der Waals surface area contributed by atoms with Gasteiger partial charge in [-0.3, -0.25) is 0 Å². The van der Waals surface area contributed by atoms with E-state index in [4.69, 9.17) is 9.47 Å². The number of ether oxygens (including phenoxy) is 2. The SMILES string of the molecule is CCOC(=O)/C(=C/[C@H](Cc1ccccc1)NC(=O)OC(C)(C)C)CC=C(C)C. The maximum Gasteiger partial charge on any atom is 0.408 e. The molecule has 1 aromatic rings. The zero-order valence-electron chi connectivity index (χ0n) is 17.9. The molecule has 5 heteroatoms. The number of nitrogens with one attached hydrogen (secondary N) is 1. The minimum absolute atomic E-state index is 0.299. The predicted octanol–water partition coefficient (Wildman–Crippen LogP) is 4.97. The molecule has 0 radical (unpaired) electrons. The van der Waals surface area contributed by atoms with Crippen LogP contribution in [-0.2, 0) is 20.7 Å². The van der Waals surface area contributed by atoms with Crippen molar-refractivity contribution in [2.75, 3.05) is 6.61 Å². The molecular weight excluding hydrogens is 354 g/mol. The van der Waals surface area contributed by atoms with E-state index in [9.17, 15) is 9.59 Å². The van der Waals surface area contributed by atoms with Gasteiger partial charge >= 0.3 is 12.1 Å². The van der Waals surface area contributed by atoms with E-state index in [1.807, 2.05) is 71.0 Å². The fourth-order valence-corrected chi connectivity index (χ4v) is 2.48. The van der Waals surface area contributed by atoms with Crippen molar-refractivity contribution in [1.82, 2.24) is 5.32 Å². The topological polar surface area (TPSA) is 64.6 Å². The van der Waals surface area contributed by atoms with Crippen molar-refractivity contribution >= 4 is 12.1 Å². The van der Waals surface area contributed by atoms with Crippen molar-refractivity contribution in [3.8, 4) is 0 Å². The van der Waals surface area contributed by atoms with Gasteiger partial charge in [0.05, 0.1) is 12.6 Å². The second-order valence-electron chi connectivity index (χ2n) is 7.84. The zero-order chi connectivity index (χ0) is 21.2. The van der Waals surface area contributed by atoms with Gasteiger partial charge in [0, 0.05) is 5.57 Å². The third kappa shape index (κ3) is 9.95. The number of allylic oxidation sites excluding steroid dienone is 2. The molecule has 0 fully saturated rings. The lowest BCUT2D eigenvalue weighted by molar-refractivity contribution is -0.138. The monoisotopic (exact) mass is 387 g/mol. The first-order chi connectivity index (χ1) is 13.1. The highest BCUT2D eigenvalue weighted by Gasteiger charge is 2.20. The number of hydrogen-bond donors (Lipinski definition) is 1. The molecule has 0 saturated carbocycles. The van der Waals surface area contributed by atoms with Gasteiger partial charge in [0.15, 0.2) is 0 Å². The van der Waals surface area contributed by atoms with E-state index >= 15 is 0 Å². The van der Waals surface area contributed by atoms with Gasteiger partial charge in [-0.25, -0.2) is 9.59 Å². The molecule has 0 aliphatic rings. The molecule has 0 aliphatic heterocycles. The molecule has 0 saturated heterocycles. The summed E-state index contributed by atoms with van der Waals surface area (Å²) in [6.45, 7) is 11.5. The molecule has 0 aliphatic carbocycles. The van der Waals surface area contributed by atoms with Gasteiger partial charge in [-0.1, -0.05) is 48.1 Å². The van der Waals surface area contributed by atoms with Gasteiger partial charge in [0.25, 0.3) is 0 Å². The fourth-order valence-electron chi connectivity index (χ4n) is 2.48. The Morgan fingerprint density at radius 1 is 1.14 bits per heavy atom. The summed E-state index contributed by atoms with van der Waals surface area (Å²) in [7, 11) is 0. The zero-order valence-corrected chi connectivity index (χ0v) is 17.9. The van der Waals surface area contributed by atoms with Gasteiger partial charge in [-0.15, -0.1) is 0 Å². The van der Waals surface area contributed by atoms with Crippen LogP contribution in [0.25, 0.3) is 0 Å². The number of hydrogen-bond acceptors (Lipinski definition) is 4. The van der Waals surface area contributed by atoms with E-state index in [0.717, 1.165) is 11.1 Å². The molecule has 1 N–H and O–H groups in total. The van der Waals surface area contributed by atoms with E-state index in [-0.39, 0.29) is 5.97 Å². The summed E-state index contributed by atoms with van der Waals surface area (Å²) in [5, 5.41) is 2.87. The van der Waals surface area contributed by atoms with Crippen LogP contribution in [0.1, 0.15) is 53.5 Å². The summed E-state index contributed by atoms with van der Waals surface area (Å²) in [4.78, 5) is 24.7. The number of amides is 1. The summed E-state index contributed by atoms with van der Waals surface area (Å²) in [6.07, 6.45) is 4.21. The fraction of sp³-hybridized carbons (Fsp3) is 0.478. The number of alkyl carbamates (subject to hydrolysis) is 1. The van der Waals surface area contributed by atoms with Crippen LogP contribution in [0.3, 0.4) is 0 Å². The Bertz CT molecular complexity index is 695. The minimum Gasteiger partial charge on any atom is -0.463 e. The number of benzene rings is 1. The van der Waals surface area contributed by atoms with Crippen LogP contribution in [0.5, 0.6) is 0 Å². The first kappa shape index (κ1) is 23.5. The lowest BCUT2D eigenvalue weighted by Gasteiger charge is -2.23. The predicted molar refractivity (Wildman–Crippen MR) is 112 cm³/mol. The molecule has 0 spiro atoms. The second kappa shape index (κ2) is 11.3. The summed E-state index contributed by atoms with van der Waals surface area (Å²) in [6, 6.07) is 9.39. The van der Waals surface area contributed by atoms with Crippen molar-refractivity contribution < 1.29 is 19.1 Å². The summed E-state index contributed by atoms with van der Waals surface area (Å²) in [5.41, 5.74) is 2.07. The molecule has 0 heterocycles. The quantitative estimate of drug-likeness (QED) is 0.389. The van der Waals surface area contributed by atoms with Crippen LogP contribution in [0.2, 0.25) is 0 Å². The normalized spacial score (nSPS) is 12.7. The first-order valence-corrected chi connectivity index (χ1v) is 9.65. The number of carbonyl (C=O) groups is 2. The Hall–Kier alpha value is -2.56. The first-order valence-electron chi connectivity index (χ1n) is 9.65. The summed E-state index contributed by atoms with van der Waals surface area (Å²) >= 11 is 0. The molecule has 154 valence electrons. The van der Waals surface area contributed by atoms with E-state index in [1.54, 1.807) is 13.0 Å². The molecule has 1 aromatic carbocycles. The number of carbonyl (C=O) groups excluding carboxylic acids is 2. The molecule has 28 heavy (non-hydrogen) atoms. The average molecular weight is 388 g/mol. The second-order valence-corrected chi connectivity index (χ2v) is 7.84. The van der Waals surface area contributed by atoms with Crippen LogP contribution < -0.4 is 5.32 Å². The van der Waals surface area contributed by atoms with Crippen molar-refractivity contribution in [2.45, 2.75) is 66.0 Å². The molecule has 0 aromatic heterocycles. The lowest BCUT2D eigenvalue weighted by atomic mass is 10.0. The van der Waals surface area contributed by atoms with E-state index in [1.165, 1.54) is 0 Å². The van der Waals surface area contributed by atoms with Crippen molar-refractivity contribution in [3.05, 3.63) is 59.2 Å². The molecule has 5 nitrogen and oxygen atoms in total. The Labute approximate surface area is 168 Å². The molecule has 1 atom stereocenters. The number of rotatable bonds is 8. The highest BCUT2D eigenvalue weighted by atomic mass is 16.6. The van der Waals surface area contributed by atoms with Gasteiger partial charge in [-0.05, 0) is 59.9 Å². The Morgan fingerprint density at radius 3 is 2.32 bits per heavy atom. The molecule has 0 unspecified atom stereocenters. The van der Waals surface area contributed by atoms with E-state index < -0.39 is 17.7 Å². The highest BCUT2D eigenvalue weighted by Crippen LogP contribution is 2.14. The Balaban J connectivity index is 3.12. The third-order valence-electron chi connectivity index (χ3n) is 3.67. The van der Waals surface area contributed by atoms with E-state index in [2.05, 4.69) is 5.32 Å². The lowest BCUT2D eigenvalue weighted by Crippen LogP contribution is -2.39. The van der Waals surface area contributed by atoms with E-state index in [0.29, 0.717) is 25.0 Å². The largest absolute Gasteiger partial charge is 0.463 e. The van der Waals surface area contributed by atoms with Gasteiger partial charge in [0.1, 0.15) is 5.60 Å². The Morgan fingerprint density at radius 2 is 1.79 bits per heavy atom. The molecule has 0 bridgehead atoms. The van der Waals surface area contributed by atoms with Crippen LogP contribution >= 0.6 is 0 Å². The summed E-state index contributed by atoms with van der Waals surface area (Å²) < 4.78 is 10.6.